The minimum atomic E-state index is -4.00. The van der Waals surface area contributed by atoms with Crippen molar-refractivity contribution in [2.24, 2.45) is 5.10 Å². The molecular weight excluding hydrogens is 434 g/mol. The summed E-state index contributed by atoms with van der Waals surface area (Å²) in [4.78, 5) is 12.7. The molecule has 1 N–H and O–H groups in total. The fourth-order valence-electron chi connectivity index (χ4n) is 2.84. The van der Waals surface area contributed by atoms with Crippen molar-refractivity contribution in [3.8, 4) is 0 Å². The van der Waals surface area contributed by atoms with E-state index in [2.05, 4.69) is 10.5 Å². The first-order valence-corrected chi connectivity index (χ1v) is 11.3. The van der Waals surface area contributed by atoms with E-state index >= 15 is 0 Å². The average molecular weight is 456 g/mol. The fraction of sp³-hybridized carbons (Fsp3) is 0.130. The van der Waals surface area contributed by atoms with Gasteiger partial charge in [0.15, 0.2) is 0 Å². The number of hydrazone groups is 1. The summed E-state index contributed by atoms with van der Waals surface area (Å²) in [7, 11) is -4.00. The molecule has 3 rings (SSSR count). The zero-order valence-corrected chi connectivity index (χ0v) is 18.7. The standard InChI is InChI=1S/C23H22ClN3O3S/c1-17-11-13-19(14-12-17)18(2)25-26-23(28)16-27(21-8-6-7-20(24)15-21)31(29,30)22-9-4-3-5-10-22/h3-15H,16H2,1-2H3,(H,26,28)/b25-18-. The molecule has 0 aromatic heterocycles. The molecule has 0 radical (unpaired) electrons. The highest BCUT2D eigenvalue weighted by atomic mass is 35.5. The van der Waals surface area contributed by atoms with Crippen LogP contribution in [0.1, 0.15) is 18.1 Å². The summed E-state index contributed by atoms with van der Waals surface area (Å²) in [6.07, 6.45) is 0. The summed E-state index contributed by atoms with van der Waals surface area (Å²) in [6, 6.07) is 22.0. The van der Waals surface area contributed by atoms with Gasteiger partial charge in [0.2, 0.25) is 0 Å². The maximum atomic E-state index is 13.2. The number of aryl methyl sites for hydroxylation is 1. The number of carbonyl (C=O) groups is 1. The van der Waals surface area contributed by atoms with Gasteiger partial charge < -0.3 is 0 Å². The smallest absolute Gasteiger partial charge is 0.264 e. The first-order chi connectivity index (χ1) is 14.8. The number of nitrogens with one attached hydrogen (secondary N) is 1. The van der Waals surface area contributed by atoms with Gasteiger partial charge in [-0.05, 0) is 49.7 Å². The number of hydrogen-bond acceptors (Lipinski definition) is 4. The average Bonchev–Trinajstić information content (AvgIpc) is 2.76. The number of sulfonamides is 1. The molecule has 160 valence electrons. The molecular formula is C23H22ClN3O3S. The van der Waals surface area contributed by atoms with Crippen LogP contribution in [0.15, 0.2) is 88.9 Å². The van der Waals surface area contributed by atoms with E-state index < -0.39 is 22.5 Å². The largest absolute Gasteiger partial charge is 0.271 e. The molecule has 31 heavy (non-hydrogen) atoms. The van der Waals surface area contributed by atoms with Gasteiger partial charge in [-0.3, -0.25) is 9.10 Å². The molecule has 0 aliphatic carbocycles. The van der Waals surface area contributed by atoms with Crippen LogP contribution < -0.4 is 9.73 Å². The summed E-state index contributed by atoms with van der Waals surface area (Å²) in [5.41, 5.74) is 5.30. The van der Waals surface area contributed by atoms with Crippen molar-refractivity contribution in [1.29, 1.82) is 0 Å². The first-order valence-electron chi connectivity index (χ1n) is 9.51. The second kappa shape index (κ2) is 9.76. The van der Waals surface area contributed by atoms with E-state index in [1.807, 2.05) is 31.2 Å². The van der Waals surface area contributed by atoms with E-state index in [4.69, 9.17) is 11.6 Å². The Hall–Kier alpha value is -3.16. The van der Waals surface area contributed by atoms with Crippen molar-refractivity contribution in [3.05, 3.63) is 95.0 Å². The third-order valence-corrected chi connectivity index (χ3v) is 6.56. The Morgan fingerprint density at radius 1 is 1.00 bits per heavy atom. The Balaban J connectivity index is 1.86. The second-order valence-electron chi connectivity index (χ2n) is 6.90. The molecule has 1 amide bonds. The second-order valence-corrected chi connectivity index (χ2v) is 9.20. The molecule has 0 spiro atoms. The van der Waals surface area contributed by atoms with E-state index in [1.54, 1.807) is 43.3 Å². The summed E-state index contributed by atoms with van der Waals surface area (Å²) < 4.78 is 27.5. The van der Waals surface area contributed by atoms with Crippen LogP contribution in [0.25, 0.3) is 0 Å². The molecule has 0 bridgehead atoms. The van der Waals surface area contributed by atoms with Crippen LogP contribution in [0.3, 0.4) is 0 Å². The van der Waals surface area contributed by atoms with Gasteiger partial charge in [-0.1, -0.05) is 65.7 Å². The minimum absolute atomic E-state index is 0.0714. The Morgan fingerprint density at radius 2 is 1.68 bits per heavy atom. The molecule has 0 saturated heterocycles. The molecule has 6 nitrogen and oxygen atoms in total. The quantitative estimate of drug-likeness (QED) is 0.424. The van der Waals surface area contributed by atoms with E-state index in [1.165, 1.54) is 18.2 Å². The highest BCUT2D eigenvalue weighted by Crippen LogP contribution is 2.25. The van der Waals surface area contributed by atoms with Crippen LogP contribution in [0.2, 0.25) is 5.02 Å². The third-order valence-electron chi connectivity index (χ3n) is 4.53. The number of benzene rings is 3. The number of halogens is 1. The highest BCUT2D eigenvalue weighted by molar-refractivity contribution is 7.92. The predicted molar refractivity (Wildman–Crippen MR) is 124 cm³/mol. The topological polar surface area (TPSA) is 78.8 Å². The predicted octanol–water partition coefficient (Wildman–Crippen LogP) is 4.38. The molecule has 0 heterocycles. The zero-order chi connectivity index (χ0) is 22.4. The van der Waals surface area contributed by atoms with Gasteiger partial charge in [-0.2, -0.15) is 5.10 Å². The van der Waals surface area contributed by atoms with E-state index in [9.17, 15) is 13.2 Å². The van der Waals surface area contributed by atoms with E-state index in [0.29, 0.717) is 10.7 Å². The number of nitrogens with zero attached hydrogens (tertiary/aromatic N) is 2. The van der Waals surface area contributed by atoms with Crippen LogP contribution in [-0.4, -0.2) is 26.6 Å². The van der Waals surface area contributed by atoms with Crippen molar-refractivity contribution in [3.63, 3.8) is 0 Å². The third kappa shape index (κ3) is 5.71. The lowest BCUT2D eigenvalue weighted by Crippen LogP contribution is -2.39. The summed E-state index contributed by atoms with van der Waals surface area (Å²) in [6.45, 7) is 3.29. The van der Waals surface area contributed by atoms with Gasteiger partial charge >= 0.3 is 0 Å². The van der Waals surface area contributed by atoms with Crippen molar-refractivity contribution >= 4 is 38.9 Å². The number of hydrogen-bond donors (Lipinski definition) is 1. The van der Waals surface area contributed by atoms with Gasteiger partial charge in [0.25, 0.3) is 15.9 Å². The van der Waals surface area contributed by atoms with Gasteiger partial charge in [0.1, 0.15) is 6.54 Å². The molecule has 3 aromatic carbocycles. The summed E-state index contributed by atoms with van der Waals surface area (Å²) in [5.74, 6) is -0.578. The molecule has 0 fully saturated rings. The maximum Gasteiger partial charge on any atom is 0.264 e. The Labute approximate surface area is 187 Å². The number of rotatable bonds is 7. The maximum absolute atomic E-state index is 13.2. The van der Waals surface area contributed by atoms with Gasteiger partial charge in [-0.15, -0.1) is 0 Å². The van der Waals surface area contributed by atoms with E-state index in [0.717, 1.165) is 15.4 Å². The molecule has 0 aliphatic rings. The van der Waals surface area contributed by atoms with E-state index in [-0.39, 0.29) is 10.6 Å². The van der Waals surface area contributed by atoms with Crippen LogP contribution in [0.5, 0.6) is 0 Å². The lowest BCUT2D eigenvalue weighted by atomic mass is 10.1. The molecule has 0 atom stereocenters. The monoisotopic (exact) mass is 455 g/mol. The van der Waals surface area contributed by atoms with Crippen LogP contribution in [0, 0.1) is 6.92 Å². The summed E-state index contributed by atoms with van der Waals surface area (Å²) in [5, 5.41) is 4.47. The van der Waals surface area contributed by atoms with Crippen molar-refractivity contribution < 1.29 is 13.2 Å². The molecule has 0 aliphatic heterocycles. The minimum Gasteiger partial charge on any atom is -0.271 e. The number of carbonyl (C=O) groups excluding carboxylic acids is 1. The fourth-order valence-corrected chi connectivity index (χ4v) is 4.46. The Bertz CT molecular complexity index is 1190. The van der Waals surface area contributed by atoms with Gasteiger partial charge in [0, 0.05) is 5.02 Å². The van der Waals surface area contributed by atoms with Crippen molar-refractivity contribution in [1.82, 2.24) is 5.43 Å². The molecule has 0 unspecified atom stereocenters. The van der Waals surface area contributed by atoms with Crippen LogP contribution in [0.4, 0.5) is 5.69 Å². The van der Waals surface area contributed by atoms with Gasteiger partial charge in [-0.25, -0.2) is 13.8 Å². The zero-order valence-electron chi connectivity index (χ0n) is 17.1. The van der Waals surface area contributed by atoms with Crippen molar-refractivity contribution in [2.45, 2.75) is 18.7 Å². The number of anilines is 1. The SMILES string of the molecule is C/C(=N/NC(=O)CN(c1cccc(Cl)c1)S(=O)(=O)c1ccccc1)c1ccc(C)cc1. The van der Waals surface area contributed by atoms with Gasteiger partial charge in [0.05, 0.1) is 16.3 Å². The normalized spacial score (nSPS) is 11.8. The Morgan fingerprint density at radius 3 is 2.32 bits per heavy atom. The molecule has 0 saturated carbocycles. The summed E-state index contributed by atoms with van der Waals surface area (Å²) >= 11 is 6.06. The lowest BCUT2D eigenvalue weighted by molar-refractivity contribution is -0.119. The lowest BCUT2D eigenvalue weighted by Gasteiger charge is -2.23. The highest BCUT2D eigenvalue weighted by Gasteiger charge is 2.27. The Kier molecular flexibility index (Phi) is 7.09. The van der Waals surface area contributed by atoms with Crippen LogP contribution >= 0.6 is 11.6 Å². The van der Waals surface area contributed by atoms with Crippen molar-refractivity contribution in [2.75, 3.05) is 10.8 Å². The number of amides is 1. The first kappa shape index (κ1) is 22.5. The molecule has 8 heteroatoms. The van der Waals surface area contributed by atoms with Crippen LogP contribution in [-0.2, 0) is 14.8 Å². The molecule has 3 aromatic rings.